The highest BCUT2D eigenvalue weighted by molar-refractivity contribution is 6.06. The Morgan fingerprint density at radius 2 is 1.20 bits per heavy atom. The molecule has 0 aliphatic heterocycles. The van der Waals surface area contributed by atoms with Crippen molar-refractivity contribution >= 4 is 32.7 Å². The molecule has 1 aliphatic carbocycles. The highest BCUT2D eigenvalue weighted by Gasteiger charge is 2.38. The van der Waals surface area contributed by atoms with Crippen molar-refractivity contribution in [1.82, 2.24) is 15.0 Å². The maximum Gasteiger partial charge on any atom is 0.164 e. The van der Waals surface area contributed by atoms with E-state index < -0.39 is 0 Å². The van der Waals surface area contributed by atoms with Crippen molar-refractivity contribution in [3.05, 3.63) is 139 Å². The first-order valence-electron chi connectivity index (χ1n) is 15.0. The molecule has 0 amide bonds. The van der Waals surface area contributed by atoms with Crippen molar-refractivity contribution in [2.45, 2.75) is 19.3 Å². The number of hydrogen-bond donors (Lipinski definition) is 0. The summed E-state index contributed by atoms with van der Waals surface area (Å²) in [6, 6.07) is 44.2. The Morgan fingerprint density at radius 1 is 0.500 bits per heavy atom. The summed E-state index contributed by atoms with van der Waals surface area (Å²) >= 11 is 0. The van der Waals surface area contributed by atoms with Gasteiger partial charge in [-0.25, -0.2) is 15.0 Å². The Bertz CT molecular complexity index is 2420. The van der Waals surface area contributed by atoms with Crippen LogP contribution >= 0.6 is 0 Å². The predicted octanol–water partition coefficient (Wildman–Crippen LogP) is 10.2. The normalized spacial score (nSPS) is 13.4. The predicted molar refractivity (Wildman–Crippen MR) is 178 cm³/mol. The van der Waals surface area contributed by atoms with Crippen LogP contribution in [0.5, 0.6) is 0 Å². The number of fused-ring (bicyclic) bond motifs is 8. The molecule has 8 aromatic rings. The molecule has 0 N–H and O–H groups in total. The summed E-state index contributed by atoms with van der Waals surface area (Å²) in [7, 11) is 0. The Kier molecular flexibility index (Phi) is 5.21. The Labute approximate surface area is 254 Å². The molecule has 0 saturated carbocycles. The van der Waals surface area contributed by atoms with Crippen molar-refractivity contribution in [3.63, 3.8) is 0 Å². The van der Waals surface area contributed by atoms with E-state index in [1.807, 2.05) is 54.6 Å². The SMILES string of the molecule is CC1(C)c2cccc(-c3nc(-c4ccccc4)nc(-c4ccc5c(c4)oc4ccccc45)n3)c2-c2ccc3ccccc3c21. The second-order valence-electron chi connectivity index (χ2n) is 12.0. The van der Waals surface area contributed by atoms with Gasteiger partial charge in [0.15, 0.2) is 17.5 Å². The van der Waals surface area contributed by atoms with Crippen LogP contribution < -0.4 is 0 Å². The first-order valence-corrected chi connectivity index (χ1v) is 15.0. The lowest BCUT2D eigenvalue weighted by molar-refractivity contribution is 0.666. The van der Waals surface area contributed by atoms with Gasteiger partial charge in [0.2, 0.25) is 0 Å². The molecular weight excluding hydrogens is 538 g/mol. The number of benzene rings is 6. The summed E-state index contributed by atoms with van der Waals surface area (Å²) in [5, 5.41) is 4.72. The van der Waals surface area contributed by atoms with Crippen LogP contribution in [0.3, 0.4) is 0 Å². The first-order chi connectivity index (χ1) is 21.6. The summed E-state index contributed by atoms with van der Waals surface area (Å²) in [4.78, 5) is 15.3. The van der Waals surface area contributed by atoms with Crippen LogP contribution in [0.4, 0.5) is 0 Å². The van der Waals surface area contributed by atoms with E-state index in [1.165, 1.54) is 33.0 Å². The molecule has 2 aromatic heterocycles. The largest absolute Gasteiger partial charge is 0.456 e. The number of furan rings is 1. The van der Waals surface area contributed by atoms with Gasteiger partial charge < -0.3 is 4.42 Å². The van der Waals surface area contributed by atoms with Crippen molar-refractivity contribution in [3.8, 4) is 45.3 Å². The first kappa shape index (κ1) is 24.9. The fraction of sp³-hybridized carbons (Fsp3) is 0.0750. The quantitative estimate of drug-likeness (QED) is 0.214. The molecule has 0 unspecified atom stereocenters. The van der Waals surface area contributed by atoms with Crippen LogP contribution in [-0.4, -0.2) is 15.0 Å². The highest BCUT2D eigenvalue weighted by Crippen LogP contribution is 2.54. The monoisotopic (exact) mass is 565 g/mol. The highest BCUT2D eigenvalue weighted by atomic mass is 16.3. The zero-order valence-corrected chi connectivity index (χ0v) is 24.4. The molecule has 0 fully saturated rings. The molecule has 1 aliphatic rings. The van der Waals surface area contributed by atoms with Gasteiger partial charge in [-0.1, -0.05) is 123 Å². The van der Waals surface area contributed by atoms with E-state index in [4.69, 9.17) is 19.4 Å². The maximum absolute atomic E-state index is 6.23. The lowest BCUT2D eigenvalue weighted by Crippen LogP contribution is -2.15. The smallest absolute Gasteiger partial charge is 0.164 e. The van der Waals surface area contributed by atoms with Crippen LogP contribution in [0.25, 0.3) is 78.0 Å². The Balaban J connectivity index is 1.29. The van der Waals surface area contributed by atoms with E-state index in [0.717, 1.165) is 38.6 Å². The van der Waals surface area contributed by atoms with Gasteiger partial charge in [0.25, 0.3) is 0 Å². The Hall–Kier alpha value is -5.61. The van der Waals surface area contributed by atoms with Gasteiger partial charge in [0.05, 0.1) is 0 Å². The third-order valence-corrected chi connectivity index (χ3v) is 9.11. The molecule has 44 heavy (non-hydrogen) atoms. The lowest BCUT2D eigenvalue weighted by Gasteiger charge is -2.23. The molecule has 0 saturated heterocycles. The number of para-hydroxylation sites is 1. The summed E-state index contributed by atoms with van der Waals surface area (Å²) in [5.41, 5.74) is 9.43. The number of rotatable bonds is 3. The van der Waals surface area contributed by atoms with Gasteiger partial charge in [0, 0.05) is 32.9 Å². The topological polar surface area (TPSA) is 51.8 Å². The summed E-state index contributed by atoms with van der Waals surface area (Å²) in [6.45, 7) is 4.65. The molecule has 4 nitrogen and oxygen atoms in total. The molecular formula is C40H27N3O. The van der Waals surface area contributed by atoms with Gasteiger partial charge in [-0.2, -0.15) is 0 Å². The fourth-order valence-electron chi connectivity index (χ4n) is 7.04. The van der Waals surface area contributed by atoms with Crippen LogP contribution in [0.1, 0.15) is 25.0 Å². The van der Waals surface area contributed by atoms with Gasteiger partial charge >= 0.3 is 0 Å². The minimum atomic E-state index is -0.175. The molecule has 0 atom stereocenters. The van der Waals surface area contributed by atoms with E-state index in [9.17, 15) is 0 Å². The van der Waals surface area contributed by atoms with Gasteiger partial charge in [-0.3, -0.25) is 0 Å². The maximum atomic E-state index is 6.23. The number of nitrogens with zero attached hydrogens (tertiary/aromatic N) is 3. The third-order valence-electron chi connectivity index (χ3n) is 9.11. The molecule has 208 valence electrons. The van der Waals surface area contributed by atoms with E-state index in [2.05, 4.69) is 86.6 Å². The Morgan fingerprint density at radius 3 is 2.07 bits per heavy atom. The molecule has 2 heterocycles. The molecule has 4 heteroatoms. The lowest BCUT2D eigenvalue weighted by atomic mass is 9.80. The summed E-state index contributed by atoms with van der Waals surface area (Å²) < 4.78 is 6.23. The van der Waals surface area contributed by atoms with E-state index >= 15 is 0 Å². The van der Waals surface area contributed by atoms with E-state index in [-0.39, 0.29) is 5.41 Å². The molecule has 0 spiro atoms. The van der Waals surface area contributed by atoms with E-state index in [1.54, 1.807) is 0 Å². The van der Waals surface area contributed by atoms with Crippen LogP contribution in [0.15, 0.2) is 132 Å². The zero-order chi connectivity index (χ0) is 29.4. The van der Waals surface area contributed by atoms with Crippen LogP contribution in [0.2, 0.25) is 0 Å². The second kappa shape index (κ2) is 9.19. The van der Waals surface area contributed by atoms with Gasteiger partial charge in [-0.15, -0.1) is 0 Å². The number of hydrogen-bond acceptors (Lipinski definition) is 4. The molecule has 9 rings (SSSR count). The third kappa shape index (κ3) is 3.61. The summed E-state index contributed by atoms with van der Waals surface area (Å²) in [5.74, 6) is 1.92. The molecule has 0 radical (unpaired) electrons. The zero-order valence-electron chi connectivity index (χ0n) is 24.4. The minimum Gasteiger partial charge on any atom is -0.456 e. The number of aromatic nitrogens is 3. The van der Waals surface area contributed by atoms with Crippen molar-refractivity contribution in [2.24, 2.45) is 0 Å². The minimum absolute atomic E-state index is 0.175. The average molecular weight is 566 g/mol. The van der Waals surface area contributed by atoms with Crippen LogP contribution in [0, 0.1) is 0 Å². The second-order valence-corrected chi connectivity index (χ2v) is 12.0. The van der Waals surface area contributed by atoms with Crippen molar-refractivity contribution in [1.29, 1.82) is 0 Å². The van der Waals surface area contributed by atoms with Crippen molar-refractivity contribution in [2.75, 3.05) is 0 Å². The molecule has 0 bridgehead atoms. The fourth-order valence-corrected chi connectivity index (χ4v) is 7.04. The van der Waals surface area contributed by atoms with Gasteiger partial charge in [-0.05, 0) is 51.2 Å². The van der Waals surface area contributed by atoms with Gasteiger partial charge in [0.1, 0.15) is 11.2 Å². The van der Waals surface area contributed by atoms with Crippen LogP contribution in [-0.2, 0) is 5.41 Å². The molecule has 6 aromatic carbocycles. The average Bonchev–Trinajstić information content (AvgIpc) is 3.56. The standard InChI is InChI=1S/C40H27N3O/c1-40(2)32-17-10-16-31(35(32)30-22-19-24-11-6-7-14-27(24)36(30)40)39-42-37(25-12-4-3-5-13-25)41-38(43-39)26-20-21-29-28-15-8-9-18-33(28)44-34(29)23-26/h3-23H,1-2H3. The van der Waals surface area contributed by atoms with E-state index in [0.29, 0.717) is 17.5 Å². The van der Waals surface area contributed by atoms with Crippen molar-refractivity contribution < 1.29 is 4.42 Å². The summed E-state index contributed by atoms with van der Waals surface area (Å²) in [6.07, 6.45) is 0.